The van der Waals surface area contributed by atoms with Gasteiger partial charge in [-0.25, -0.2) is 0 Å². The number of anilines is 3. The van der Waals surface area contributed by atoms with Crippen molar-refractivity contribution in [2.75, 3.05) is 4.90 Å². The van der Waals surface area contributed by atoms with Crippen molar-refractivity contribution in [1.82, 2.24) is 0 Å². The van der Waals surface area contributed by atoms with Gasteiger partial charge in [0.1, 0.15) is 0 Å². The molecule has 55 heavy (non-hydrogen) atoms. The minimum atomic E-state index is -2.70. The van der Waals surface area contributed by atoms with Crippen LogP contribution in [0.5, 0.6) is 0 Å². The van der Waals surface area contributed by atoms with Gasteiger partial charge in [-0.3, -0.25) is 0 Å². The number of rotatable bonds is 1. The predicted molar refractivity (Wildman–Crippen MR) is 231 cm³/mol. The maximum absolute atomic E-state index is 2.70. The molecule has 9 aromatic rings. The first-order valence-electron chi connectivity index (χ1n) is 19.4. The van der Waals surface area contributed by atoms with Crippen LogP contribution in [0.3, 0.4) is 0 Å². The Morgan fingerprint density at radius 1 is 0.309 bits per heavy atom. The van der Waals surface area contributed by atoms with E-state index in [0.717, 1.165) is 0 Å². The molecule has 0 aromatic heterocycles. The number of benzene rings is 9. The molecule has 0 fully saturated rings. The lowest BCUT2D eigenvalue weighted by atomic mass is 9.64. The number of nitrogens with zero attached hydrogens (tertiary/aromatic N) is 1. The Morgan fingerprint density at radius 2 is 0.709 bits per heavy atom. The molecular formula is C53H33NSi. The molecule has 254 valence electrons. The van der Waals surface area contributed by atoms with Gasteiger partial charge in [0.15, 0.2) is 8.07 Å². The molecule has 13 rings (SSSR count). The fourth-order valence-electron chi connectivity index (χ4n) is 11.4. The van der Waals surface area contributed by atoms with E-state index in [1.807, 2.05) is 0 Å². The normalized spacial score (nSPS) is 15.2. The van der Waals surface area contributed by atoms with Gasteiger partial charge in [0.25, 0.3) is 0 Å². The van der Waals surface area contributed by atoms with Gasteiger partial charge in [0.05, 0.1) is 22.5 Å². The molecule has 4 aliphatic rings. The van der Waals surface area contributed by atoms with Gasteiger partial charge in [0, 0.05) is 5.39 Å². The summed E-state index contributed by atoms with van der Waals surface area (Å²) in [4.78, 5) is 2.61. The van der Waals surface area contributed by atoms with E-state index in [-0.39, 0.29) is 0 Å². The van der Waals surface area contributed by atoms with E-state index in [0.29, 0.717) is 0 Å². The summed E-state index contributed by atoms with van der Waals surface area (Å²) in [5.41, 5.74) is 16.8. The van der Waals surface area contributed by atoms with Crippen molar-refractivity contribution in [3.8, 4) is 33.4 Å². The monoisotopic (exact) mass is 711 g/mol. The highest BCUT2D eigenvalue weighted by Gasteiger charge is 2.56. The first-order valence-corrected chi connectivity index (χ1v) is 21.4. The summed E-state index contributed by atoms with van der Waals surface area (Å²) >= 11 is 0. The molecule has 2 spiro atoms. The van der Waals surface area contributed by atoms with Gasteiger partial charge in [-0.05, 0) is 100.0 Å². The van der Waals surface area contributed by atoms with Crippen LogP contribution in [-0.2, 0) is 5.41 Å². The quantitative estimate of drug-likeness (QED) is 0.153. The fourth-order valence-corrected chi connectivity index (χ4v) is 17.1. The number of hydrogen-bond acceptors (Lipinski definition) is 1. The smallest absolute Gasteiger partial charge is 0.182 e. The van der Waals surface area contributed by atoms with Crippen LogP contribution in [-0.4, -0.2) is 8.07 Å². The zero-order valence-corrected chi connectivity index (χ0v) is 31.0. The Hall–Kier alpha value is -6.74. The van der Waals surface area contributed by atoms with Crippen LogP contribution >= 0.6 is 0 Å². The summed E-state index contributed by atoms with van der Waals surface area (Å²) in [6, 6.07) is 76.3. The summed E-state index contributed by atoms with van der Waals surface area (Å²) in [6.45, 7) is 0. The van der Waals surface area contributed by atoms with Crippen LogP contribution < -0.4 is 25.6 Å². The van der Waals surface area contributed by atoms with Crippen molar-refractivity contribution in [1.29, 1.82) is 0 Å². The molecule has 0 atom stereocenters. The van der Waals surface area contributed by atoms with Crippen LogP contribution in [0.2, 0.25) is 0 Å². The zero-order chi connectivity index (χ0) is 35.9. The van der Waals surface area contributed by atoms with Gasteiger partial charge in [-0.1, -0.05) is 182 Å². The SMILES string of the molecule is c1ccc2c(c1)-c1ccccc1C21c2ccccc2N(c2cc3c(c4ccccc24)-c2ccccc2[Si]32c3ccccc3-c3ccccc32)c2ccccc21. The maximum Gasteiger partial charge on any atom is 0.182 e. The fraction of sp³-hybridized carbons (Fsp3) is 0.0189. The van der Waals surface area contributed by atoms with Crippen molar-refractivity contribution >= 4 is 56.7 Å². The molecule has 9 aromatic carbocycles. The van der Waals surface area contributed by atoms with Crippen LogP contribution in [0, 0.1) is 0 Å². The molecule has 3 heterocycles. The van der Waals surface area contributed by atoms with E-state index in [1.165, 1.54) is 104 Å². The van der Waals surface area contributed by atoms with Gasteiger partial charge in [-0.15, -0.1) is 0 Å². The molecule has 0 amide bonds. The minimum Gasteiger partial charge on any atom is -0.309 e. The molecule has 0 saturated carbocycles. The first kappa shape index (κ1) is 29.7. The third kappa shape index (κ3) is 3.38. The van der Waals surface area contributed by atoms with Crippen LogP contribution in [0.4, 0.5) is 17.1 Å². The van der Waals surface area contributed by atoms with E-state index in [2.05, 4.69) is 205 Å². The van der Waals surface area contributed by atoms with E-state index >= 15 is 0 Å². The van der Waals surface area contributed by atoms with E-state index in [4.69, 9.17) is 0 Å². The van der Waals surface area contributed by atoms with Gasteiger partial charge < -0.3 is 4.90 Å². The van der Waals surface area contributed by atoms with Crippen molar-refractivity contribution in [3.63, 3.8) is 0 Å². The Labute approximate surface area is 321 Å². The third-order valence-corrected chi connectivity index (χ3v) is 18.2. The lowest BCUT2D eigenvalue weighted by Gasteiger charge is -2.45. The Morgan fingerprint density at radius 3 is 1.27 bits per heavy atom. The molecule has 0 unspecified atom stereocenters. The van der Waals surface area contributed by atoms with Crippen molar-refractivity contribution in [2.45, 2.75) is 5.41 Å². The molecule has 1 nitrogen and oxygen atoms in total. The second-order valence-electron chi connectivity index (χ2n) is 15.5. The van der Waals surface area contributed by atoms with Crippen molar-refractivity contribution in [2.24, 2.45) is 0 Å². The molecule has 2 heteroatoms. The van der Waals surface area contributed by atoms with E-state index in [1.54, 1.807) is 0 Å². The minimum absolute atomic E-state index is 0.445. The van der Waals surface area contributed by atoms with Gasteiger partial charge in [0.2, 0.25) is 0 Å². The zero-order valence-electron chi connectivity index (χ0n) is 30.0. The van der Waals surface area contributed by atoms with Crippen LogP contribution in [0.25, 0.3) is 44.2 Å². The molecule has 0 bridgehead atoms. The lowest BCUT2D eigenvalue weighted by molar-refractivity contribution is 0.753. The van der Waals surface area contributed by atoms with Crippen LogP contribution in [0.15, 0.2) is 200 Å². The largest absolute Gasteiger partial charge is 0.309 e. The van der Waals surface area contributed by atoms with E-state index in [9.17, 15) is 0 Å². The molecule has 3 aliphatic heterocycles. The number of fused-ring (bicyclic) bond motifs is 21. The molecule has 1 aliphatic carbocycles. The Kier molecular flexibility index (Phi) is 5.65. The van der Waals surface area contributed by atoms with Crippen LogP contribution in [0.1, 0.15) is 22.3 Å². The summed E-state index contributed by atoms with van der Waals surface area (Å²) < 4.78 is 0. The summed E-state index contributed by atoms with van der Waals surface area (Å²) in [5.74, 6) is 0. The highest BCUT2D eigenvalue weighted by molar-refractivity contribution is 7.24. The molecule has 0 N–H and O–H groups in total. The Balaban J connectivity index is 1.18. The number of hydrogen-bond donors (Lipinski definition) is 0. The first-order chi connectivity index (χ1) is 27.3. The average Bonchev–Trinajstić information content (AvgIpc) is 3.84. The number of para-hydroxylation sites is 2. The van der Waals surface area contributed by atoms with Crippen molar-refractivity contribution in [3.05, 3.63) is 222 Å². The molecular weight excluding hydrogens is 679 g/mol. The summed E-state index contributed by atoms with van der Waals surface area (Å²) in [5, 5.41) is 8.59. The van der Waals surface area contributed by atoms with E-state index < -0.39 is 13.5 Å². The highest BCUT2D eigenvalue weighted by Crippen LogP contribution is 2.63. The molecule has 0 saturated heterocycles. The summed E-state index contributed by atoms with van der Waals surface area (Å²) in [6.07, 6.45) is 0. The lowest BCUT2D eigenvalue weighted by Crippen LogP contribution is -2.70. The second kappa shape index (κ2) is 10.5. The topological polar surface area (TPSA) is 3.24 Å². The Bertz CT molecular complexity index is 3000. The maximum atomic E-state index is 2.63. The van der Waals surface area contributed by atoms with Crippen molar-refractivity contribution < 1.29 is 0 Å². The standard InChI is InChI=1S/C53H33NSi/c1-2-22-39-36(19-1)47(33-51-52(39)40-23-7-16-32-50(40)55(51)48-30-14-5-20-37(48)38-21-6-15-31-49(38)55)54-45-28-12-10-26-43(45)53(44-27-11-13-29-46(44)54)41-24-8-3-17-34(41)35-18-4-9-25-42(35)53/h1-33H. The predicted octanol–water partition coefficient (Wildman–Crippen LogP) is 10.3. The average molecular weight is 712 g/mol. The van der Waals surface area contributed by atoms with Gasteiger partial charge in [-0.2, -0.15) is 0 Å². The third-order valence-electron chi connectivity index (χ3n) is 13.3. The highest BCUT2D eigenvalue weighted by atomic mass is 28.3. The summed E-state index contributed by atoms with van der Waals surface area (Å²) in [7, 11) is -2.70. The van der Waals surface area contributed by atoms with Gasteiger partial charge >= 0.3 is 0 Å². The second-order valence-corrected chi connectivity index (χ2v) is 19.1. The molecule has 0 radical (unpaired) electrons.